The number of nitrogens with one attached hydrogen (secondary N) is 1. The minimum absolute atomic E-state index is 0.118. The number of methoxy groups -OCH3 is 1. The van der Waals surface area contributed by atoms with Crippen LogP contribution in [0.15, 0.2) is 22.8 Å². The molecule has 1 amide bonds. The van der Waals surface area contributed by atoms with Gasteiger partial charge in [-0.05, 0) is 44.6 Å². The summed E-state index contributed by atoms with van der Waals surface area (Å²) in [5.41, 5.74) is 2.03. The zero-order valence-corrected chi connectivity index (χ0v) is 16.2. The molecule has 6 nitrogen and oxygen atoms in total. The second-order valence-electron chi connectivity index (χ2n) is 6.59. The van der Waals surface area contributed by atoms with Gasteiger partial charge >= 0.3 is 0 Å². The summed E-state index contributed by atoms with van der Waals surface area (Å²) in [7, 11) is 1.60. The minimum atomic E-state index is -0.121. The second kappa shape index (κ2) is 8.60. The Morgan fingerprint density at radius 3 is 3.00 bits per heavy atom. The highest BCUT2D eigenvalue weighted by Crippen LogP contribution is 2.27. The first-order chi connectivity index (χ1) is 12.6. The van der Waals surface area contributed by atoms with Crippen LogP contribution in [0.5, 0.6) is 0 Å². The molecule has 140 valence electrons. The predicted octanol–water partition coefficient (Wildman–Crippen LogP) is 3.03. The molecule has 26 heavy (non-hydrogen) atoms. The molecule has 0 atom stereocenters. The fourth-order valence-corrected chi connectivity index (χ4v) is 4.33. The molecule has 0 spiro atoms. The highest BCUT2D eigenvalue weighted by atomic mass is 32.1. The van der Waals surface area contributed by atoms with Crippen molar-refractivity contribution in [3.63, 3.8) is 0 Å². The summed E-state index contributed by atoms with van der Waals surface area (Å²) in [6.07, 6.45) is 9.53. The third-order valence-electron chi connectivity index (χ3n) is 4.78. The molecule has 0 aliphatic heterocycles. The summed E-state index contributed by atoms with van der Waals surface area (Å²) in [5, 5.41) is 3.53. The molecule has 1 aliphatic carbocycles. The van der Waals surface area contributed by atoms with E-state index in [1.54, 1.807) is 7.11 Å². The monoisotopic (exact) mass is 375 g/mol. The SMILES string of the molecule is COCCn1cnc2sc(C(=O)NCCC3=CCCCC3)c(C)c2c1=O. The number of hydrogen-bond acceptors (Lipinski definition) is 5. The van der Waals surface area contributed by atoms with Gasteiger partial charge in [0.1, 0.15) is 4.83 Å². The number of carbonyl (C=O) groups excluding carboxylic acids is 1. The fraction of sp³-hybridized carbons (Fsp3) is 0.526. The predicted molar refractivity (Wildman–Crippen MR) is 104 cm³/mol. The lowest BCUT2D eigenvalue weighted by molar-refractivity contribution is 0.0957. The molecular weight excluding hydrogens is 350 g/mol. The number of aromatic nitrogens is 2. The van der Waals surface area contributed by atoms with Crippen molar-refractivity contribution < 1.29 is 9.53 Å². The molecule has 2 aromatic rings. The van der Waals surface area contributed by atoms with Crippen molar-refractivity contribution in [1.29, 1.82) is 0 Å². The topological polar surface area (TPSA) is 73.2 Å². The van der Waals surface area contributed by atoms with Crippen LogP contribution in [0.1, 0.15) is 47.3 Å². The standard InChI is InChI=1S/C19H25N3O3S/c1-13-15-18(21-12-22(19(15)24)10-11-25-2)26-16(13)17(23)20-9-8-14-6-4-3-5-7-14/h6,12H,3-5,7-11H2,1-2H3,(H,20,23). The van der Waals surface area contributed by atoms with Gasteiger partial charge in [-0.25, -0.2) is 4.98 Å². The smallest absolute Gasteiger partial charge is 0.262 e. The number of hydrogen-bond donors (Lipinski definition) is 1. The first-order valence-electron chi connectivity index (χ1n) is 9.05. The Labute approximate surface area is 156 Å². The largest absolute Gasteiger partial charge is 0.383 e. The maximum Gasteiger partial charge on any atom is 0.262 e. The lowest BCUT2D eigenvalue weighted by Gasteiger charge is -2.12. The van der Waals surface area contributed by atoms with Crippen LogP contribution in [0.4, 0.5) is 0 Å². The summed E-state index contributed by atoms with van der Waals surface area (Å²) < 4.78 is 6.56. The van der Waals surface area contributed by atoms with Crippen LogP contribution in [-0.4, -0.2) is 35.7 Å². The van der Waals surface area contributed by atoms with E-state index in [2.05, 4.69) is 16.4 Å². The Bertz CT molecular complexity index is 882. The zero-order valence-electron chi connectivity index (χ0n) is 15.3. The van der Waals surface area contributed by atoms with Crippen LogP contribution in [-0.2, 0) is 11.3 Å². The van der Waals surface area contributed by atoms with Crippen molar-refractivity contribution >= 4 is 27.5 Å². The molecule has 0 bridgehead atoms. The summed E-state index contributed by atoms with van der Waals surface area (Å²) >= 11 is 1.28. The first kappa shape index (κ1) is 18.8. The fourth-order valence-electron chi connectivity index (χ4n) is 3.27. The number of nitrogens with zero attached hydrogens (tertiary/aromatic N) is 2. The third kappa shape index (κ3) is 4.04. The Kier molecular flexibility index (Phi) is 6.21. The van der Waals surface area contributed by atoms with E-state index in [1.165, 1.54) is 40.6 Å². The number of allylic oxidation sites excluding steroid dienone is 1. The van der Waals surface area contributed by atoms with Crippen LogP contribution in [0.25, 0.3) is 10.2 Å². The Hall–Kier alpha value is -1.99. The summed E-state index contributed by atoms with van der Waals surface area (Å²) in [6.45, 7) is 3.34. The molecule has 0 saturated carbocycles. The lowest BCUT2D eigenvalue weighted by Crippen LogP contribution is -2.25. The molecule has 7 heteroatoms. The minimum Gasteiger partial charge on any atom is -0.383 e. The number of rotatable bonds is 7. The van der Waals surface area contributed by atoms with Gasteiger partial charge in [-0.3, -0.25) is 14.2 Å². The molecule has 1 aliphatic rings. The highest BCUT2D eigenvalue weighted by Gasteiger charge is 2.19. The van der Waals surface area contributed by atoms with Gasteiger partial charge in [0.15, 0.2) is 0 Å². The lowest BCUT2D eigenvalue weighted by atomic mass is 9.97. The maximum atomic E-state index is 12.6. The van der Waals surface area contributed by atoms with E-state index in [1.807, 2.05) is 6.92 Å². The molecule has 0 fully saturated rings. The van der Waals surface area contributed by atoms with Gasteiger partial charge in [0, 0.05) is 13.7 Å². The Balaban J connectivity index is 1.73. The van der Waals surface area contributed by atoms with E-state index < -0.39 is 0 Å². The third-order valence-corrected chi connectivity index (χ3v) is 5.98. The van der Waals surface area contributed by atoms with Gasteiger partial charge in [-0.2, -0.15) is 0 Å². The maximum absolute atomic E-state index is 12.6. The van der Waals surface area contributed by atoms with Gasteiger partial charge < -0.3 is 10.1 Å². The first-order valence-corrected chi connectivity index (χ1v) is 9.87. The van der Waals surface area contributed by atoms with Gasteiger partial charge in [0.05, 0.1) is 29.7 Å². The van der Waals surface area contributed by atoms with Crippen molar-refractivity contribution in [2.24, 2.45) is 0 Å². The molecule has 0 aromatic carbocycles. The molecule has 0 unspecified atom stereocenters. The summed E-state index contributed by atoms with van der Waals surface area (Å²) in [4.78, 5) is 30.8. The van der Waals surface area contributed by atoms with E-state index in [0.29, 0.717) is 40.4 Å². The van der Waals surface area contributed by atoms with Crippen molar-refractivity contribution in [1.82, 2.24) is 14.9 Å². The molecule has 2 heterocycles. The number of fused-ring (bicyclic) bond motifs is 1. The van der Waals surface area contributed by atoms with Crippen molar-refractivity contribution in [3.8, 4) is 0 Å². The van der Waals surface area contributed by atoms with E-state index in [0.717, 1.165) is 19.3 Å². The van der Waals surface area contributed by atoms with E-state index in [9.17, 15) is 9.59 Å². The normalized spacial score (nSPS) is 14.5. The van der Waals surface area contributed by atoms with Crippen LogP contribution in [0.2, 0.25) is 0 Å². The molecule has 0 radical (unpaired) electrons. The van der Waals surface area contributed by atoms with Crippen molar-refractivity contribution in [3.05, 3.63) is 38.8 Å². The zero-order chi connectivity index (χ0) is 18.5. The average molecular weight is 375 g/mol. The van der Waals surface area contributed by atoms with Gasteiger partial charge in [-0.1, -0.05) is 11.6 Å². The van der Waals surface area contributed by atoms with E-state index in [4.69, 9.17) is 4.74 Å². The number of aryl methyl sites for hydroxylation is 1. The number of amides is 1. The summed E-state index contributed by atoms with van der Waals surface area (Å²) in [5.74, 6) is -0.121. The second-order valence-corrected chi connectivity index (χ2v) is 7.59. The average Bonchev–Trinajstić information content (AvgIpc) is 2.99. The van der Waals surface area contributed by atoms with Crippen LogP contribution in [0.3, 0.4) is 0 Å². The highest BCUT2D eigenvalue weighted by molar-refractivity contribution is 7.20. The molecule has 0 saturated heterocycles. The van der Waals surface area contributed by atoms with Crippen LogP contribution >= 0.6 is 11.3 Å². The van der Waals surface area contributed by atoms with Crippen LogP contribution in [0, 0.1) is 6.92 Å². The van der Waals surface area contributed by atoms with E-state index in [-0.39, 0.29) is 11.5 Å². The van der Waals surface area contributed by atoms with Crippen LogP contribution < -0.4 is 10.9 Å². The Morgan fingerprint density at radius 1 is 1.42 bits per heavy atom. The number of thiophene rings is 1. The molecule has 1 N–H and O–H groups in total. The molecular formula is C19H25N3O3S. The van der Waals surface area contributed by atoms with Crippen molar-refractivity contribution in [2.75, 3.05) is 20.3 Å². The van der Waals surface area contributed by atoms with Gasteiger partial charge in [-0.15, -0.1) is 11.3 Å². The van der Waals surface area contributed by atoms with Gasteiger partial charge in [0.2, 0.25) is 0 Å². The van der Waals surface area contributed by atoms with E-state index >= 15 is 0 Å². The number of ether oxygens (including phenoxy) is 1. The molecule has 3 rings (SSSR count). The van der Waals surface area contributed by atoms with Crippen molar-refractivity contribution in [2.45, 2.75) is 45.6 Å². The number of carbonyl (C=O) groups is 1. The quantitative estimate of drug-likeness (QED) is 0.755. The Morgan fingerprint density at radius 2 is 2.27 bits per heavy atom. The molecule has 2 aromatic heterocycles. The van der Waals surface area contributed by atoms with Gasteiger partial charge in [0.25, 0.3) is 11.5 Å². The summed E-state index contributed by atoms with van der Waals surface area (Å²) in [6, 6.07) is 0.